The molecule has 1 aromatic rings. The lowest BCUT2D eigenvalue weighted by atomic mass is 10.1. The van der Waals surface area contributed by atoms with E-state index in [9.17, 15) is 19.1 Å². The van der Waals surface area contributed by atoms with Gasteiger partial charge in [0.1, 0.15) is 12.8 Å². The van der Waals surface area contributed by atoms with E-state index >= 15 is 0 Å². The first-order valence-corrected chi connectivity index (χ1v) is 9.72. The Labute approximate surface area is 164 Å². The second-order valence-corrected chi connectivity index (χ2v) is 7.66. The minimum Gasteiger partial charge on any atom is -0.465 e. The molecule has 0 spiro atoms. The summed E-state index contributed by atoms with van der Waals surface area (Å²) in [4.78, 5) is 29.3. The lowest BCUT2D eigenvalue weighted by Crippen LogP contribution is -2.62. The highest BCUT2D eigenvalue weighted by atomic mass is 19.1. The van der Waals surface area contributed by atoms with Crippen molar-refractivity contribution in [1.82, 2.24) is 14.7 Å². The van der Waals surface area contributed by atoms with E-state index in [2.05, 4.69) is 0 Å². The van der Waals surface area contributed by atoms with Crippen LogP contribution in [0.3, 0.4) is 0 Å². The number of carbonyl (C=O) groups is 2. The molecule has 1 N–H and O–H groups in total. The summed E-state index contributed by atoms with van der Waals surface area (Å²) < 4.78 is 18.9. The van der Waals surface area contributed by atoms with E-state index in [-0.39, 0.29) is 31.2 Å². The molecular formula is C20H28FN3O4. The van der Waals surface area contributed by atoms with Crippen molar-refractivity contribution in [1.29, 1.82) is 0 Å². The number of esters is 1. The lowest BCUT2D eigenvalue weighted by Gasteiger charge is -2.44. The Morgan fingerprint density at radius 1 is 1.21 bits per heavy atom. The number of alkyl halides is 1. The Morgan fingerprint density at radius 2 is 1.96 bits per heavy atom. The molecule has 0 aliphatic carbocycles. The molecule has 0 saturated carbocycles. The molecule has 154 valence electrons. The topological polar surface area (TPSA) is 73.3 Å². The highest BCUT2D eigenvalue weighted by Gasteiger charge is 2.37. The Hall–Kier alpha value is -2.19. The molecule has 0 aromatic heterocycles. The number of ether oxygens (including phenoxy) is 1. The first-order valence-electron chi connectivity index (χ1n) is 9.72. The van der Waals surface area contributed by atoms with Crippen molar-refractivity contribution in [2.45, 2.75) is 38.2 Å². The first kappa shape index (κ1) is 20.5. The average molecular weight is 393 g/mol. The van der Waals surface area contributed by atoms with Crippen molar-refractivity contribution in [3.63, 3.8) is 0 Å². The zero-order valence-corrected chi connectivity index (χ0v) is 16.2. The summed E-state index contributed by atoms with van der Waals surface area (Å²) in [5, 5.41) is 9.45. The van der Waals surface area contributed by atoms with E-state index in [4.69, 9.17) is 4.74 Å². The van der Waals surface area contributed by atoms with Gasteiger partial charge >= 0.3 is 12.1 Å². The second-order valence-electron chi connectivity index (χ2n) is 7.66. The summed E-state index contributed by atoms with van der Waals surface area (Å²) in [6.45, 7) is 4.47. The molecule has 1 aromatic carbocycles. The molecule has 0 radical (unpaired) electrons. The fourth-order valence-electron chi connectivity index (χ4n) is 3.94. The van der Waals surface area contributed by atoms with Crippen LogP contribution < -0.4 is 0 Å². The van der Waals surface area contributed by atoms with Gasteiger partial charge in [-0.3, -0.25) is 14.6 Å². The lowest BCUT2D eigenvalue weighted by molar-refractivity contribution is -0.148. The number of rotatable bonds is 6. The summed E-state index contributed by atoms with van der Waals surface area (Å²) in [5.74, 6) is -0.338. The molecular weight excluding hydrogens is 365 g/mol. The third kappa shape index (κ3) is 5.42. The number of hydrogen-bond acceptors (Lipinski definition) is 5. The van der Waals surface area contributed by atoms with Gasteiger partial charge in [-0.2, -0.15) is 0 Å². The number of halogens is 1. The zero-order valence-electron chi connectivity index (χ0n) is 16.2. The SMILES string of the molecule is C[C@@H]1CN(CC(=O)OCc2ccccc2)[C@@H](CN2CC[C@@H](F)C2)CN1C(=O)O. The van der Waals surface area contributed by atoms with Crippen molar-refractivity contribution in [3.05, 3.63) is 35.9 Å². The van der Waals surface area contributed by atoms with Gasteiger partial charge in [-0.1, -0.05) is 30.3 Å². The summed E-state index contributed by atoms with van der Waals surface area (Å²) >= 11 is 0. The van der Waals surface area contributed by atoms with Crippen molar-refractivity contribution in [3.8, 4) is 0 Å². The Kier molecular flexibility index (Phi) is 6.85. The van der Waals surface area contributed by atoms with Crippen molar-refractivity contribution < 1.29 is 23.8 Å². The van der Waals surface area contributed by atoms with Crippen LogP contribution >= 0.6 is 0 Å². The predicted octanol–water partition coefficient (Wildman–Crippen LogP) is 1.83. The van der Waals surface area contributed by atoms with Crippen LogP contribution in [0, 0.1) is 0 Å². The third-order valence-electron chi connectivity index (χ3n) is 5.46. The van der Waals surface area contributed by atoms with Crippen molar-refractivity contribution in [2.24, 2.45) is 0 Å². The molecule has 2 aliphatic rings. The minimum atomic E-state index is -0.964. The largest absolute Gasteiger partial charge is 0.465 e. The molecule has 2 aliphatic heterocycles. The molecule has 2 heterocycles. The first-order chi connectivity index (χ1) is 13.4. The van der Waals surface area contributed by atoms with Gasteiger partial charge in [0.25, 0.3) is 0 Å². The van der Waals surface area contributed by atoms with E-state index in [1.54, 1.807) is 0 Å². The number of nitrogens with zero attached hydrogens (tertiary/aromatic N) is 3. The van der Waals surface area contributed by atoms with Crippen LogP contribution in [0.2, 0.25) is 0 Å². The van der Waals surface area contributed by atoms with Gasteiger partial charge in [-0.25, -0.2) is 9.18 Å². The predicted molar refractivity (Wildman–Crippen MR) is 102 cm³/mol. The fourth-order valence-corrected chi connectivity index (χ4v) is 3.94. The third-order valence-corrected chi connectivity index (χ3v) is 5.46. The van der Waals surface area contributed by atoms with E-state index in [0.29, 0.717) is 39.1 Å². The maximum Gasteiger partial charge on any atom is 0.407 e. The number of carbonyl (C=O) groups excluding carboxylic acids is 1. The Balaban J connectivity index is 1.60. The minimum absolute atomic E-state index is 0.0994. The van der Waals surface area contributed by atoms with Gasteiger partial charge in [0.2, 0.25) is 0 Å². The van der Waals surface area contributed by atoms with E-state index < -0.39 is 12.3 Å². The van der Waals surface area contributed by atoms with Crippen LogP contribution in [0.15, 0.2) is 30.3 Å². The van der Waals surface area contributed by atoms with Crippen LogP contribution in [0.25, 0.3) is 0 Å². The van der Waals surface area contributed by atoms with E-state index in [1.807, 2.05) is 47.1 Å². The molecule has 8 heteroatoms. The number of hydrogen-bond donors (Lipinski definition) is 1. The number of amides is 1. The Bertz CT molecular complexity index is 675. The molecule has 1 amide bonds. The quantitative estimate of drug-likeness (QED) is 0.744. The van der Waals surface area contributed by atoms with Gasteiger partial charge in [0.15, 0.2) is 0 Å². The zero-order chi connectivity index (χ0) is 20.1. The summed E-state index contributed by atoms with van der Waals surface area (Å²) in [7, 11) is 0. The summed E-state index contributed by atoms with van der Waals surface area (Å²) in [5.41, 5.74) is 0.919. The van der Waals surface area contributed by atoms with Crippen LogP contribution in [-0.2, 0) is 16.1 Å². The van der Waals surface area contributed by atoms with Crippen LogP contribution in [0.5, 0.6) is 0 Å². The van der Waals surface area contributed by atoms with Crippen LogP contribution in [0.1, 0.15) is 18.9 Å². The van der Waals surface area contributed by atoms with Gasteiger partial charge in [-0.15, -0.1) is 0 Å². The molecule has 0 bridgehead atoms. The van der Waals surface area contributed by atoms with Gasteiger partial charge < -0.3 is 14.7 Å². The number of carboxylic acid groups (broad SMARTS) is 1. The summed E-state index contributed by atoms with van der Waals surface area (Å²) in [6, 6.07) is 9.08. The number of piperazine rings is 1. The highest BCUT2D eigenvalue weighted by molar-refractivity contribution is 5.72. The molecule has 3 rings (SSSR count). The fraction of sp³-hybridized carbons (Fsp3) is 0.600. The second kappa shape index (κ2) is 9.34. The molecule has 3 atom stereocenters. The van der Waals surface area contributed by atoms with Crippen molar-refractivity contribution >= 4 is 12.1 Å². The van der Waals surface area contributed by atoms with Crippen LogP contribution in [-0.4, -0.2) is 89.4 Å². The van der Waals surface area contributed by atoms with Gasteiger partial charge in [0.05, 0.1) is 6.54 Å². The van der Waals surface area contributed by atoms with Crippen LogP contribution in [0.4, 0.5) is 9.18 Å². The van der Waals surface area contributed by atoms with E-state index in [0.717, 1.165) is 5.56 Å². The smallest absolute Gasteiger partial charge is 0.407 e. The normalized spacial score (nSPS) is 26.4. The number of benzene rings is 1. The van der Waals surface area contributed by atoms with Gasteiger partial charge in [-0.05, 0) is 18.9 Å². The molecule has 28 heavy (non-hydrogen) atoms. The average Bonchev–Trinajstić information content (AvgIpc) is 3.07. The number of likely N-dealkylation sites (tertiary alicyclic amines) is 1. The molecule has 0 unspecified atom stereocenters. The highest BCUT2D eigenvalue weighted by Crippen LogP contribution is 2.20. The van der Waals surface area contributed by atoms with E-state index in [1.165, 1.54) is 4.90 Å². The molecule has 7 nitrogen and oxygen atoms in total. The van der Waals surface area contributed by atoms with Crippen molar-refractivity contribution in [2.75, 3.05) is 39.3 Å². The maximum atomic E-state index is 13.5. The Morgan fingerprint density at radius 3 is 2.61 bits per heavy atom. The maximum absolute atomic E-state index is 13.5. The monoisotopic (exact) mass is 393 g/mol. The van der Waals surface area contributed by atoms with Gasteiger partial charge in [0, 0.05) is 44.8 Å². The molecule has 2 saturated heterocycles. The summed E-state index contributed by atoms with van der Waals surface area (Å²) in [6.07, 6.45) is -1.29. The standard InChI is InChI=1S/C20H28FN3O4/c1-15-9-23(13-19(25)28-14-16-5-3-2-4-6-16)18(12-24(15)20(26)27)11-22-8-7-17(21)10-22/h2-6,15,17-18H,7-14H2,1H3,(H,26,27)/t15-,17-,18+/m1/s1. The molecule has 2 fully saturated rings.